The Labute approximate surface area is 194 Å². The number of rotatable bonds is 6. The summed E-state index contributed by atoms with van der Waals surface area (Å²) in [4.78, 5) is 25.9. The van der Waals surface area contributed by atoms with Crippen LogP contribution >= 0.6 is 0 Å². The molecule has 1 aromatic carbocycles. The van der Waals surface area contributed by atoms with Gasteiger partial charge in [0.05, 0.1) is 31.6 Å². The van der Waals surface area contributed by atoms with Crippen molar-refractivity contribution in [3.8, 4) is 11.4 Å². The lowest BCUT2D eigenvalue weighted by Gasteiger charge is -2.35. The van der Waals surface area contributed by atoms with Gasteiger partial charge in [0.1, 0.15) is 11.4 Å². The fourth-order valence-corrected chi connectivity index (χ4v) is 4.38. The van der Waals surface area contributed by atoms with Crippen LogP contribution in [0, 0.1) is 0 Å². The minimum absolute atomic E-state index is 0.0133. The van der Waals surface area contributed by atoms with Gasteiger partial charge < -0.3 is 24.8 Å². The Morgan fingerprint density at radius 1 is 1.33 bits per heavy atom. The minimum Gasteiger partial charge on any atom is -0.396 e. The Morgan fingerprint density at radius 2 is 2.09 bits per heavy atom. The first-order valence-electron chi connectivity index (χ1n) is 11.5. The van der Waals surface area contributed by atoms with Crippen molar-refractivity contribution in [1.82, 2.24) is 15.3 Å². The van der Waals surface area contributed by atoms with Crippen LogP contribution in [0.4, 0.5) is 16.3 Å². The first-order valence-corrected chi connectivity index (χ1v) is 11.5. The molecule has 4 rings (SSSR count). The molecule has 2 aliphatic rings. The molecule has 0 spiro atoms. The highest BCUT2D eigenvalue weighted by Gasteiger charge is 2.41. The van der Waals surface area contributed by atoms with Crippen LogP contribution in [-0.4, -0.2) is 67.1 Å². The molecule has 0 bridgehead atoms. The van der Waals surface area contributed by atoms with E-state index in [1.54, 1.807) is 11.9 Å². The molecule has 2 aromatic rings. The molecule has 9 heteroatoms. The molecule has 33 heavy (non-hydrogen) atoms. The maximum Gasteiger partial charge on any atom is 0.321 e. The molecular formula is C24H33N5O4. The van der Waals surface area contributed by atoms with Gasteiger partial charge in [0.15, 0.2) is 5.82 Å². The summed E-state index contributed by atoms with van der Waals surface area (Å²) in [6.07, 6.45) is 0.463. The first-order chi connectivity index (χ1) is 15.9. The molecular weight excluding hydrogens is 422 g/mol. The molecule has 1 fully saturated rings. The van der Waals surface area contributed by atoms with Crippen molar-refractivity contribution in [1.29, 1.82) is 0 Å². The van der Waals surface area contributed by atoms with Crippen molar-refractivity contribution in [2.75, 3.05) is 49.8 Å². The van der Waals surface area contributed by atoms with Crippen LogP contribution < -0.4 is 15.1 Å². The summed E-state index contributed by atoms with van der Waals surface area (Å²) in [5.74, 6) is 1.47. The molecule has 2 atom stereocenters. The van der Waals surface area contributed by atoms with Gasteiger partial charge in [-0.3, -0.25) is 4.90 Å². The Morgan fingerprint density at radius 3 is 2.76 bits per heavy atom. The number of morpholine rings is 1. The predicted octanol–water partition coefficient (Wildman–Crippen LogP) is 2.66. The van der Waals surface area contributed by atoms with Crippen molar-refractivity contribution in [2.24, 2.45) is 0 Å². The molecule has 2 N–H and O–H groups in total. The SMILES string of the molecule is CCNC(=O)N(C)c1ccc(-c2nc(N3CCOC[C@@H]3C)c3c(n2)[C@](C)(CCO)OC3)cc1. The summed E-state index contributed by atoms with van der Waals surface area (Å²) in [7, 11) is 1.74. The number of urea groups is 1. The standard InChI is InChI=1S/C24H33N5O4/c1-5-25-23(31)28(4)18-8-6-17(7-9-18)21-26-20-19(15-33-24(20,3)10-12-30)22(27-21)29-11-13-32-14-16(29)2/h6-9,16,30H,5,10-15H2,1-4H3,(H,25,31)/t16-,24-/m0/s1. The van der Waals surface area contributed by atoms with Crippen LogP contribution in [0.1, 0.15) is 38.4 Å². The molecule has 3 heterocycles. The number of carbonyl (C=O) groups excluding carboxylic acids is 1. The fourth-order valence-electron chi connectivity index (χ4n) is 4.38. The van der Waals surface area contributed by atoms with E-state index in [2.05, 4.69) is 17.1 Å². The van der Waals surface area contributed by atoms with E-state index in [0.29, 0.717) is 38.6 Å². The number of benzene rings is 1. The van der Waals surface area contributed by atoms with Crippen molar-refractivity contribution in [2.45, 2.75) is 45.4 Å². The number of aromatic nitrogens is 2. The van der Waals surface area contributed by atoms with Crippen LogP contribution in [0.25, 0.3) is 11.4 Å². The van der Waals surface area contributed by atoms with E-state index in [1.165, 1.54) is 0 Å². The summed E-state index contributed by atoms with van der Waals surface area (Å²) < 4.78 is 11.8. The summed E-state index contributed by atoms with van der Waals surface area (Å²) >= 11 is 0. The number of anilines is 2. The van der Waals surface area contributed by atoms with E-state index >= 15 is 0 Å². The van der Waals surface area contributed by atoms with Crippen LogP contribution in [0.2, 0.25) is 0 Å². The average Bonchev–Trinajstić information content (AvgIpc) is 3.15. The van der Waals surface area contributed by atoms with E-state index in [9.17, 15) is 9.90 Å². The first kappa shape index (κ1) is 23.4. The van der Waals surface area contributed by atoms with Gasteiger partial charge in [-0.05, 0) is 45.0 Å². The zero-order valence-electron chi connectivity index (χ0n) is 19.8. The lowest BCUT2D eigenvalue weighted by atomic mass is 9.96. The predicted molar refractivity (Wildman–Crippen MR) is 126 cm³/mol. The number of aliphatic hydroxyl groups excluding tert-OH is 1. The Balaban J connectivity index is 1.74. The van der Waals surface area contributed by atoms with Crippen molar-refractivity contribution >= 4 is 17.5 Å². The Kier molecular flexibility index (Phi) is 6.83. The molecule has 178 valence electrons. The summed E-state index contributed by atoms with van der Waals surface area (Å²) in [6.45, 7) is 9.03. The smallest absolute Gasteiger partial charge is 0.321 e. The van der Waals surface area contributed by atoms with E-state index < -0.39 is 5.60 Å². The van der Waals surface area contributed by atoms with Crippen molar-refractivity contribution < 1.29 is 19.4 Å². The fraction of sp³-hybridized carbons (Fsp3) is 0.542. The molecule has 0 aliphatic carbocycles. The molecule has 1 aromatic heterocycles. The van der Waals surface area contributed by atoms with Crippen LogP contribution in [0.3, 0.4) is 0 Å². The van der Waals surface area contributed by atoms with E-state index in [-0.39, 0.29) is 18.7 Å². The maximum atomic E-state index is 12.1. The highest BCUT2D eigenvalue weighted by molar-refractivity contribution is 5.91. The second-order valence-corrected chi connectivity index (χ2v) is 8.75. The van der Waals surface area contributed by atoms with Gasteiger partial charge in [-0.25, -0.2) is 14.8 Å². The van der Waals surface area contributed by atoms with E-state index in [1.807, 2.05) is 38.1 Å². The van der Waals surface area contributed by atoms with Gasteiger partial charge in [0.25, 0.3) is 0 Å². The topological polar surface area (TPSA) is 100 Å². The molecule has 0 saturated carbocycles. The number of amides is 2. The molecule has 2 aliphatic heterocycles. The molecule has 0 radical (unpaired) electrons. The van der Waals surface area contributed by atoms with Gasteiger partial charge >= 0.3 is 6.03 Å². The maximum absolute atomic E-state index is 12.1. The average molecular weight is 456 g/mol. The number of fused-ring (bicyclic) bond motifs is 1. The largest absolute Gasteiger partial charge is 0.396 e. The van der Waals surface area contributed by atoms with Gasteiger partial charge in [0.2, 0.25) is 0 Å². The number of carbonyl (C=O) groups is 1. The quantitative estimate of drug-likeness (QED) is 0.691. The van der Waals surface area contributed by atoms with E-state index in [4.69, 9.17) is 19.4 Å². The third kappa shape index (κ3) is 4.53. The van der Waals surface area contributed by atoms with Gasteiger partial charge in [-0.1, -0.05) is 0 Å². The molecule has 2 amide bonds. The number of nitrogens with zero attached hydrogens (tertiary/aromatic N) is 4. The normalized spacial score (nSPS) is 22.2. The monoisotopic (exact) mass is 455 g/mol. The molecule has 1 saturated heterocycles. The Hall–Kier alpha value is -2.75. The number of hydrogen-bond donors (Lipinski definition) is 2. The molecule has 0 unspecified atom stereocenters. The Bertz CT molecular complexity index is 999. The van der Waals surface area contributed by atoms with Crippen LogP contribution in [0.15, 0.2) is 24.3 Å². The van der Waals surface area contributed by atoms with Gasteiger partial charge in [-0.15, -0.1) is 0 Å². The lowest BCUT2D eigenvalue weighted by molar-refractivity contribution is -0.0410. The highest BCUT2D eigenvalue weighted by atomic mass is 16.5. The van der Waals surface area contributed by atoms with E-state index in [0.717, 1.165) is 34.9 Å². The highest BCUT2D eigenvalue weighted by Crippen LogP contribution is 2.42. The lowest BCUT2D eigenvalue weighted by Crippen LogP contribution is -2.44. The minimum atomic E-state index is -0.662. The number of nitrogens with one attached hydrogen (secondary N) is 1. The van der Waals surface area contributed by atoms with Crippen LogP contribution in [0.5, 0.6) is 0 Å². The second-order valence-electron chi connectivity index (χ2n) is 8.75. The second kappa shape index (κ2) is 9.62. The summed E-state index contributed by atoms with van der Waals surface area (Å²) in [5, 5.41) is 12.4. The number of ether oxygens (including phenoxy) is 2. The van der Waals surface area contributed by atoms with Crippen LogP contribution in [-0.2, 0) is 21.7 Å². The van der Waals surface area contributed by atoms with Gasteiger partial charge in [0, 0.05) is 50.0 Å². The van der Waals surface area contributed by atoms with Gasteiger partial charge in [-0.2, -0.15) is 0 Å². The third-order valence-electron chi connectivity index (χ3n) is 6.40. The number of aliphatic hydroxyl groups is 1. The summed E-state index contributed by atoms with van der Waals surface area (Å²) in [5.41, 5.74) is 2.78. The molecule has 9 nitrogen and oxygen atoms in total. The van der Waals surface area contributed by atoms with Crippen molar-refractivity contribution in [3.05, 3.63) is 35.5 Å². The third-order valence-corrected chi connectivity index (χ3v) is 6.40. The van der Waals surface area contributed by atoms with Crippen molar-refractivity contribution in [3.63, 3.8) is 0 Å². The zero-order chi connectivity index (χ0) is 23.6. The number of hydrogen-bond acceptors (Lipinski definition) is 7. The summed E-state index contributed by atoms with van der Waals surface area (Å²) in [6, 6.07) is 7.67. The zero-order valence-corrected chi connectivity index (χ0v) is 19.8.